The van der Waals surface area contributed by atoms with Gasteiger partial charge in [-0.25, -0.2) is 4.39 Å². The Morgan fingerprint density at radius 3 is 2.74 bits per heavy atom. The average Bonchev–Trinajstić information content (AvgIpc) is 2.72. The average molecular weight is 319 g/mol. The van der Waals surface area contributed by atoms with Crippen LogP contribution in [0.2, 0.25) is 0 Å². The van der Waals surface area contributed by atoms with Crippen LogP contribution in [0.4, 0.5) is 10.1 Å². The zero-order valence-corrected chi connectivity index (χ0v) is 12.0. The molecule has 0 atom stereocenters. The number of halogens is 2. The summed E-state index contributed by atoms with van der Waals surface area (Å²) in [5.74, 6) is 0.196. The van der Waals surface area contributed by atoms with Crippen LogP contribution >= 0.6 is 15.9 Å². The Morgan fingerprint density at radius 2 is 2.00 bits per heavy atom. The molecule has 0 fully saturated rings. The van der Waals surface area contributed by atoms with Gasteiger partial charge in [0.15, 0.2) is 0 Å². The van der Waals surface area contributed by atoms with Crippen molar-refractivity contribution in [1.82, 2.24) is 0 Å². The van der Waals surface area contributed by atoms with E-state index in [9.17, 15) is 4.39 Å². The lowest BCUT2D eigenvalue weighted by Crippen LogP contribution is -2.24. The third kappa shape index (κ3) is 1.96. The van der Waals surface area contributed by atoms with Crippen LogP contribution in [0.15, 0.2) is 40.9 Å². The minimum atomic E-state index is -0.274. The van der Waals surface area contributed by atoms with Gasteiger partial charge in [0.2, 0.25) is 0 Å². The van der Waals surface area contributed by atoms with Gasteiger partial charge in [0.05, 0.1) is 11.0 Å². The van der Waals surface area contributed by atoms with E-state index in [4.69, 9.17) is 5.41 Å². The standard InChI is InChI=1S/C15H12BrFN2/c1-9-6-13(17)12(16)7-14(9)19-8-10-4-2-3-5-11(10)15(19)18/h2-7,18H,8H2,1H3. The summed E-state index contributed by atoms with van der Waals surface area (Å²) in [5.41, 5.74) is 3.78. The molecule has 1 N–H and O–H groups in total. The predicted molar refractivity (Wildman–Crippen MR) is 78.3 cm³/mol. The molecule has 4 heteroatoms. The molecule has 0 saturated heterocycles. The topological polar surface area (TPSA) is 27.1 Å². The van der Waals surface area contributed by atoms with Crippen molar-refractivity contribution in [1.29, 1.82) is 5.41 Å². The van der Waals surface area contributed by atoms with Gasteiger partial charge in [0.25, 0.3) is 0 Å². The minimum absolute atomic E-state index is 0.274. The largest absolute Gasteiger partial charge is 0.322 e. The molecule has 0 saturated carbocycles. The number of amidine groups is 1. The van der Waals surface area contributed by atoms with E-state index in [0.717, 1.165) is 22.4 Å². The van der Waals surface area contributed by atoms with Crippen LogP contribution in [0.1, 0.15) is 16.7 Å². The first-order valence-corrected chi connectivity index (χ1v) is 6.77. The summed E-state index contributed by atoms with van der Waals surface area (Å²) < 4.78 is 13.9. The highest BCUT2D eigenvalue weighted by Gasteiger charge is 2.26. The van der Waals surface area contributed by atoms with E-state index < -0.39 is 0 Å². The SMILES string of the molecule is Cc1cc(F)c(Br)cc1N1Cc2ccccc2C1=N. The molecule has 19 heavy (non-hydrogen) atoms. The zero-order chi connectivity index (χ0) is 13.6. The maximum atomic E-state index is 13.5. The Hall–Kier alpha value is -1.68. The van der Waals surface area contributed by atoms with Crippen LogP contribution in [0, 0.1) is 18.2 Å². The van der Waals surface area contributed by atoms with E-state index in [1.807, 2.05) is 36.1 Å². The number of rotatable bonds is 1. The smallest absolute Gasteiger partial charge is 0.137 e. The second kappa shape index (κ2) is 4.46. The van der Waals surface area contributed by atoms with Gasteiger partial charge in [-0.1, -0.05) is 24.3 Å². The first kappa shape index (κ1) is 12.4. The van der Waals surface area contributed by atoms with Crippen LogP contribution in [0.25, 0.3) is 0 Å². The van der Waals surface area contributed by atoms with Crippen molar-refractivity contribution < 1.29 is 4.39 Å². The molecule has 0 radical (unpaired) electrons. The second-order valence-corrected chi connectivity index (χ2v) is 5.50. The van der Waals surface area contributed by atoms with Gasteiger partial charge in [-0.15, -0.1) is 0 Å². The van der Waals surface area contributed by atoms with Gasteiger partial charge < -0.3 is 4.90 Å². The van der Waals surface area contributed by atoms with Crippen molar-refractivity contribution in [2.24, 2.45) is 0 Å². The van der Waals surface area contributed by atoms with Crippen molar-refractivity contribution >= 4 is 27.5 Å². The number of aryl methyl sites for hydroxylation is 1. The highest BCUT2D eigenvalue weighted by molar-refractivity contribution is 9.10. The van der Waals surface area contributed by atoms with Crippen molar-refractivity contribution in [3.63, 3.8) is 0 Å². The Balaban J connectivity index is 2.07. The Kier molecular flexibility index (Phi) is 2.90. The lowest BCUT2D eigenvalue weighted by atomic mass is 10.1. The summed E-state index contributed by atoms with van der Waals surface area (Å²) in [7, 11) is 0. The molecule has 0 aromatic heterocycles. The Labute approximate surface area is 119 Å². The maximum absolute atomic E-state index is 13.5. The number of nitrogens with one attached hydrogen (secondary N) is 1. The first-order chi connectivity index (χ1) is 9.08. The molecule has 0 amide bonds. The number of nitrogens with zero attached hydrogens (tertiary/aromatic N) is 1. The minimum Gasteiger partial charge on any atom is -0.322 e. The third-order valence-electron chi connectivity index (χ3n) is 3.40. The van der Waals surface area contributed by atoms with Gasteiger partial charge in [-0.3, -0.25) is 5.41 Å². The normalized spacial score (nSPS) is 13.8. The van der Waals surface area contributed by atoms with Crippen molar-refractivity contribution in [3.8, 4) is 0 Å². The fraction of sp³-hybridized carbons (Fsp3) is 0.133. The van der Waals surface area contributed by atoms with E-state index in [1.54, 1.807) is 6.07 Å². The summed E-state index contributed by atoms with van der Waals surface area (Å²) >= 11 is 3.21. The molecule has 0 bridgehead atoms. The highest BCUT2D eigenvalue weighted by Crippen LogP contribution is 2.33. The molecule has 2 aromatic rings. The molecule has 2 nitrogen and oxygen atoms in total. The van der Waals surface area contributed by atoms with Gasteiger partial charge in [0, 0.05) is 11.3 Å². The van der Waals surface area contributed by atoms with Crippen LogP contribution in [-0.4, -0.2) is 5.84 Å². The van der Waals surface area contributed by atoms with E-state index in [2.05, 4.69) is 15.9 Å². The van der Waals surface area contributed by atoms with Gasteiger partial charge >= 0.3 is 0 Å². The molecule has 0 spiro atoms. The molecule has 0 aliphatic carbocycles. The van der Waals surface area contributed by atoms with Crippen molar-refractivity contribution in [2.75, 3.05) is 4.90 Å². The number of anilines is 1. The number of fused-ring (bicyclic) bond motifs is 1. The summed E-state index contributed by atoms with van der Waals surface area (Å²) in [5, 5.41) is 8.26. The van der Waals surface area contributed by atoms with Crippen molar-refractivity contribution in [3.05, 3.63) is 63.4 Å². The molecule has 0 unspecified atom stereocenters. The highest BCUT2D eigenvalue weighted by atomic mass is 79.9. The molecule has 2 aromatic carbocycles. The number of hydrogen-bond acceptors (Lipinski definition) is 1. The molecule has 1 heterocycles. The lowest BCUT2D eigenvalue weighted by Gasteiger charge is -2.21. The fourth-order valence-electron chi connectivity index (χ4n) is 2.42. The molecule has 1 aliphatic heterocycles. The fourth-order valence-corrected chi connectivity index (χ4v) is 2.75. The van der Waals surface area contributed by atoms with E-state index in [1.165, 1.54) is 6.07 Å². The number of hydrogen-bond donors (Lipinski definition) is 1. The Morgan fingerprint density at radius 1 is 1.26 bits per heavy atom. The van der Waals surface area contributed by atoms with Crippen LogP contribution in [0.3, 0.4) is 0 Å². The molecule has 96 valence electrons. The lowest BCUT2D eigenvalue weighted by molar-refractivity contribution is 0.620. The van der Waals surface area contributed by atoms with Crippen molar-refractivity contribution in [2.45, 2.75) is 13.5 Å². The summed E-state index contributed by atoms with van der Waals surface area (Å²) in [4.78, 5) is 1.91. The molecule has 1 aliphatic rings. The van der Waals surface area contributed by atoms with E-state index in [-0.39, 0.29) is 5.82 Å². The first-order valence-electron chi connectivity index (χ1n) is 5.98. The van der Waals surface area contributed by atoms with E-state index in [0.29, 0.717) is 16.9 Å². The molecular weight excluding hydrogens is 307 g/mol. The maximum Gasteiger partial charge on any atom is 0.137 e. The quantitative estimate of drug-likeness (QED) is 0.836. The molecule has 3 rings (SSSR count). The van der Waals surface area contributed by atoms with Crippen LogP contribution in [-0.2, 0) is 6.54 Å². The van der Waals surface area contributed by atoms with E-state index >= 15 is 0 Å². The summed E-state index contributed by atoms with van der Waals surface area (Å²) in [6.45, 7) is 2.52. The zero-order valence-electron chi connectivity index (χ0n) is 10.4. The Bertz CT molecular complexity index is 682. The third-order valence-corrected chi connectivity index (χ3v) is 4.01. The number of benzene rings is 2. The van der Waals surface area contributed by atoms with Crippen LogP contribution < -0.4 is 4.90 Å². The monoisotopic (exact) mass is 318 g/mol. The second-order valence-electron chi connectivity index (χ2n) is 4.64. The summed E-state index contributed by atoms with van der Waals surface area (Å²) in [6.07, 6.45) is 0. The van der Waals surface area contributed by atoms with Crippen LogP contribution in [0.5, 0.6) is 0 Å². The molecular formula is C15H12BrFN2. The van der Waals surface area contributed by atoms with Gasteiger partial charge in [-0.05, 0) is 46.1 Å². The predicted octanol–water partition coefficient (Wildman–Crippen LogP) is 4.24. The summed E-state index contributed by atoms with van der Waals surface area (Å²) in [6, 6.07) is 11.1. The van der Waals surface area contributed by atoms with Gasteiger partial charge in [0.1, 0.15) is 11.7 Å². The van der Waals surface area contributed by atoms with Gasteiger partial charge in [-0.2, -0.15) is 0 Å².